The third kappa shape index (κ3) is 5.83. The topological polar surface area (TPSA) is 58.4 Å². The van der Waals surface area contributed by atoms with E-state index in [1.165, 1.54) is 12.8 Å². The standard InChI is InChI=1S/C14H29N3O/c1-14(2,3)9-11(15)8-13(18)16-10-12-6-5-7-17(12)4/h11-12H,5-10,15H2,1-4H3,(H,16,18). The van der Waals surface area contributed by atoms with E-state index in [1.54, 1.807) is 0 Å². The van der Waals surface area contributed by atoms with Gasteiger partial charge in [-0.2, -0.15) is 0 Å². The zero-order valence-corrected chi connectivity index (χ0v) is 12.3. The maximum atomic E-state index is 11.8. The predicted molar refractivity (Wildman–Crippen MR) is 75.3 cm³/mol. The molecule has 0 bridgehead atoms. The maximum Gasteiger partial charge on any atom is 0.221 e. The molecule has 1 aliphatic heterocycles. The molecule has 106 valence electrons. The Kier molecular flexibility index (Phi) is 5.60. The fraction of sp³-hybridized carbons (Fsp3) is 0.929. The summed E-state index contributed by atoms with van der Waals surface area (Å²) in [5, 5.41) is 3.01. The Labute approximate surface area is 111 Å². The molecule has 1 rings (SSSR count). The van der Waals surface area contributed by atoms with Crippen molar-refractivity contribution in [1.29, 1.82) is 0 Å². The molecule has 0 radical (unpaired) electrons. The van der Waals surface area contributed by atoms with Gasteiger partial charge in [0.2, 0.25) is 5.91 Å². The van der Waals surface area contributed by atoms with E-state index < -0.39 is 0 Å². The molecule has 1 heterocycles. The lowest BCUT2D eigenvalue weighted by molar-refractivity contribution is -0.121. The van der Waals surface area contributed by atoms with Crippen LogP contribution in [-0.2, 0) is 4.79 Å². The van der Waals surface area contributed by atoms with Crippen LogP contribution in [0.25, 0.3) is 0 Å². The molecule has 0 spiro atoms. The molecule has 2 unspecified atom stereocenters. The number of likely N-dealkylation sites (tertiary alicyclic amines) is 1. The normalized spacial score (nSPS) is 23.1. The molecule has 1 fully saturated rings. The number of nitrogens with one attached hydrogen (secondary N) is 1. The van der Waals surface area contributed by atoms with Gasteiger partial charge in [0.1, 0.15) is 0 Å². The third-order valence-corrected chi connectivity index (χ3v) is 3.53. The Bertz CT molecular complexity index is 273. The average Bonchev–Trinajstić information content (AvgIpc) is 2.57. The molecular weight excluding hydrogens is 226 g/mol. The lowest BCUT2D eigenvalue weighted by atomic mass is 9.87. The van der Waals surface area contributed by atoms with Gasteiger partial charge >= 0.3 is 0 Å². The van der Waals surface area contributed by atoms with E-state index in [9.17, 15) is 4.79 Å². The van der Waals surface area contributed by atoms with E-state index in [1.807, 2.05) is 0 Å². The largest absolute Gasteiger partial charge is 0.354 e. The average molecular weight is 255 g/mol. The monoisotopic (exact) mass is 255 g/mol. The molecule has 1 amide bonds. The van der Waals surface area contributed by atoms with Gasteiger partial charge < -0.3 is 16.0 Å². The van der Waals surface area contributed by atoms with Gasteiger partial charge in [0.15, 0.2) is 0 Å². The van der Waals surface area contributed by atoms with Crippen LogP contribution in [0, 0.1) is 5.41 Å². The molecule has 4 nitrogen and oxygen atoms in total. The summed E-state index contributed by atoms with van der Waals surface area (Å²) in [4.78, 5) is 14.1. The van der Waals surface area contributed by atoms with Gasteiger partial charge in [-0.15, -0.1) is 0 Å². The van der Waals surface area contributed by atoms with Crippen molar-refractivity contribution < 1.29 is 4.79 Å². The summed E-state index contributed by atoms with van der Waals surface area (Å²) < 4.78 is 0. The third-order valence-electron chi connectivity index (χ3n) is 3.53. The van der Waals surface area contributed by atoms with Crippen molar-refractivity contribution in [3.63, 3.8) is 0 Å². The van der Waals surface area contributed by atoms with Gasteiger partial charge in [0, 0.05) is 25.0 Å². The van der Waals surface area contributed by atoms with Gasteiger partial charge in [-0.3, -0.25) is 4.79 Å². The molecule has 2 atom stereocenters. The van der Waals surface area contributed by atoms with Crippen LogP contribution in [0.4, 0.5) is 0 Å². The van der Waals surface area contributed by atoms with Gasteiger partial charge in [-0.25, -0.2) is 0 Å². The van der Waals surface area contributed by atoms with Crippen LogP contribution in [-0.4, -0.2) is 43.0 Å². The van der Waals surface area contributed by atoms with Crippen molar-refractivity contribution >= 4 is 5.91 Å². The minimum Gasteiger partial charge on any atom is -0.354 e. The molecule has 0 saturated carbocycles. The smallest absolute Gasteiger partial charge is 0.221 e. The number of nitrogens with two attached hydrogens (primary N) is 1. The Morgan fingerprint density at radius 1 is 1.50 bits per heavy atom. The molecule has 18 heavy (non-hydrogen) atoms. The quantitative estimate of drug-likeness (QED) is 0.779. The number of carbonyl (C=O) groups is 1. The summed E-state index contributed by atoms with van der Waals surface area (Å²) >= 11 is 0. The molecule has 1 aliphatic rings. The minimum atomic E-state index is -0.0358. The lowest BCUT2D eigenvalue weighted by Crippen LogP contribution is -2.40. The maximum absolute atomic E-state index is 11.8. The molecular formula is C14H29N3O. The van der Waals surface area contributed by atoms with Crippen molar-refractivity contribution in [2.75, 3.05) is 20.1 Å². The van der Waals surface area contributed by atoms with Crippen molar-refractivity contribution in [1.82, 2.24) is 10.2 Å². The highest BCUT2D eigenvalue weighted by Crippen LogP contribution is 2.21. The molecule has 0 aliphatic carbocycles. The number of rotatable bonds is 5. The van der Waals surface area contributed by atoms with Crippen LogP contribution in [0.15, 0.2) is 0 Å². The lowest BCUT2D eigenvalue weighted by Gasteiger charge is -2.23. The van der Waals surface area contributed by atoms with E-state index in [4.69, 9.17) is 5.73 Å². The zero-order chi connectivity index (χ0) is 13.8. The molecule has 3 N–H and O–H groups in total. The van der Waals surface area contributed by atoms with Crippen molar-refractivity contribution in [3.05, 3.63) is 0 Å². The predicted octanol–water partition coefficient (Wildman–Crippen LogP) is 1.35. The Balaban J connectivity index is 2.21. The number of carbonyl (C=O) groups excluding carboxylic acids is 1. The molecule has 4 heteroatoms. The SMILES string of the molecule is CN1CCCC1CNC(=O)CC(N)CC(C)(C)C. The summed E-state index contributed by atoms with van der Waals surface area (Å²) in [7, 11) is 2.12. The number of hydrogen-bond donors (Lipinski definition) is 2. The summed E-state index contributed by atoms with van der Waals surface area (Å²) in [6.45, 7) is 8.36. The van der Waals surface area contributed by atoms with E-state index in [-0.39, 0.29) is 17.4 Å². The highest BCUT2D eigenvalue weighted by molar-refractivity contribution is 5.76. The first kappa shape index (κ1) is 15.4. The van der Waals surface area contributed by atoms with Crippen LogP contribution in [0.2, 0.25) is 0 Å². The van der Waals surface area contributed by atoms with Crippen molar-refractivity contribution in [2.45, 2.75) is 58.5 Å². The Hall–Kier alpha value is -0.610. The second kappa shape index (κ2) is 6.53. The van der Waals surface area contributed by atoms with E-state index >= 15 is 0 Å². The number of nitrogens with zero attached hydrogens (tertiary/aromatic N) is 1. The van der Waals surface area contributed by atoms with Gasteiger partial charge in [0.25, 0.3) is 0 Å². The molecule has 0 aromatic carbocycles. The number of hydrogen-bond acceptors (Lipinski definition) is 3. The minimum absolute atomic E-state index is 0.0358. The van der Waals surface area contributed by atoms with Crippen LogP contribution < -0.4 is 11.1 Å². The molecule has 0 aromatic heterocycles. The van der Waals surface area contributed by atoms with Crippen molar-refractivity contribution in [2.24, 2.45) is 11.1 Å². The van der Waals surface area contributed by atoms with Gasteiger partial charge in [0.05, 0.1) is 0 Å². The van der Waals surface area contributed by atoms with Gasteiger partial charge in [-0.05, 0) is 38.3 Å². The van der Waals surface area contributed by atoms with E-state index in [2.05, 4.69) is 38.0 Å². The van der Waals surface area contributed by atoms with E-state index in [0.29, 0.717) is 12.5 Å². The highest BCUT2D eigenvalue weighted by atomic mass is 16.1. The van der Waals surface area contributed by atoms with Gasteiger partial charge in [-0.1, -0.05) is 20.8 Å². The van der Waals surface area contributed by atoms with Crippen LogP contribution in [0.3, 0.4) is 0 Å². The fourth-order valence-electron chi connectivity index (χ4n) is 2.64. The summed E-state index contributed by atoms with van der Waals surface area (Å²) in [5.41, 5.74) is 6.19. The Morgan fingerprint density at radius 3 is 2.67 bits per heavy atom. The Morgan fingerprint density at radius 2 is 2.17 bits per heavy atom. The molecule has 1 saturated heterocycles. The fourth-order valence-corrected chi connectivity index (χ4v) is 2.64. The van der Waals surface area contributed by atoms with E-state index in [0.717, 1.165) is 19.5 Å². The number of likely N-dealkylation sites (N-methyl/N-ethyl adjacent to an activating group) is 1. The van der Waals surface area contributed by atoms with Crippen LogP contribution in [0.5, 0.6) is 0 Å². The first-order valence-corrected chi connectivity index (χ1v) is 7.00. The van der Waals surface area contributed by atoms with Crippen LogP contribution >= 0.6 is 0 Å². The number of amides is 1. The summed E-state index contributed by atoms with van der Waals surface area (Å²) in [5.74, 6) is 0.0899. The highest BCUT2D eigenvalue weighted by Gasteiger charge is 2.22. The zero-order valence-electron chi connectivity index (χ0n) is 12.3. The van der Waals surface area contributed by atoms with Crippen LogP contribution in [0.1, 0.15) is 46.5 Å². The molecule has 0 aromatic rings. The first-order valence-electron chi connectivity index (χ1n) is 7.00. The van der Waals surface area contributed by atoms with Crippen molar-refractivity contribution in [3.8, 4) is 0 Å². The summed E-state index contributed by atoms with van der Waals surface area (Å²) in [6.07, 6.45) is 3.74. The second-order valence-corrected chi connectivity index (χ2v) is 6.81. The second-order valence-electron chi connectivity index (χ2n) is 6.81. The summed E-state index contributed by atoms with van der Waals surface area (Å²) in [6, 6.07) is 0.471. The first-order chi connectivity index (χ1) is 8.28.